The number of ether oxygens (including phenoxy) is 1. The van der Waals surface area contributed by atoms with E-state index in [1.807, 2.05) is 0 Å². The van der Waals surface area contributed by atoms with Gasteiger partial charge in [-0.3, -0.25) is 14.4 Å². The first-order chi connectivity index (χ1) is 9.04. The highest BCUT2D eigenvalue weighted by atomic mass is 16.8. The zero-order valence-corrected chi connectivity index (χ0v) is 12.3. The molecule has 0 radical (unpaired) electrons. The second-order valence-electron chi connectivity index (χ2n) is 5.19. The molecule has 1 N–H and O–H groups in total. The molecule has 9 nitrogen and oxygen atoms in total. The van der Waals surface area contributed by atoms with Gasteiger partial charge in [-0.05, 0) is 20.8 Å². The first-order valence-electron chi connectivity index (χ1n) is 6.02. The van der Waals surface area contributed by atoms with E-state index in [-0.39, 0.29) is 17.9 Å². The van der Waals surface area contributed by atoms with Gasteiger partial charge in [0.25, 0.3) is 6.29 Å². The summed E-state index contributed by atoms with van der Waals surface area (Å²) in [6.45, 7) is 6.43. The Morgan fingerprint density at radius 3 is 2.45 bits per heavy atom. The van der Waals surface area contributed by atoms with Gasteiger partial charge in [-0.25, -0.2) is 0 Å². The van der Waals surface area contributed by atoms with Crippen molar-refractivity contribution in [2.24, 2.45) is 10.7 Å². The summed E-state index contributed by atoms with van der Waals surface area (Å²) in [5.41, 5.74) is -0.687. The molecule has 0 saturated carbocycles. The molecule has 116 valence electrons. The van der Waals surface area contributed by atoms with Crippen LogP contribution in [-0.4, -0.2) is 46.9 Å². The monoisotopic (exact) mass is 291 g/mol. The van der Waals surface area contributed by atoms with Gasteiger partial charge < -0.3 is 15.1 Å². The van der Waals surface area contributed by atoms with Crippen LogP contribution < -0.4 is 0 Å². The van der Waals surface area contributed by atoms with Crippen molar-refractivity contribution in [3.63, 3.8) is 0 Å². The average molecular weight is 291 g/mol. The Morgan fingerprint density at radius 2 is 2.00 bits per heavy atom. The molecule has 0 bridgehead atoms. The minimum atomic E-state index is -1.03. The highest BCUT2D eigenvalue weighted by Gasteiger charge is 2.25. The topological polar surface area (TPSA) is 114 Å². The molecule has 0 amide bonds. The van der Waals surface area contributed by atoms with Crippen LogP contribution in [-0.2, 0) is 19.2 Å². The van der Waals surface area contributed by atoms with Gasteiger partial charge in [0.05, 0.1) is 30.4 Å². The first-order valence-corrected chi connectivity index (χ1v) is 6.02. The maximum Gasteiger partial charge on any atom is 0.314 e. The molecule has 1 unspecified atom stereocenters. The van der Waals surface area contributed by atoms with Crippen LogP contribution in [0.5, 0.6) is 0 Å². The summed E-state index contributed by atoms with van der Waals surface area (Å²) in [7, 11) is 1.36. The number of hydrazine groups is 1. The predicted octanol–water partition coefficient (Wildman–Crippen LogP) is 1.14. The number of hydrogen-bond donors (Lipinski definition) is 1. The van der Waals surface area contributed by atoms with Crippen molar-refractivity contribution >= 4 is 11.9 Å². The van der Waals surface area contributed by atoms with Gasteiger partial charge >= 0.3 is 11.9 Å². The van der Waals surface area contributed by atoms with Crippen molar-refractivity contribution in [3.8, 4) is 0 Å². The average Bonchev–Trinajstić information content (AvgIpc) is 2.31. The van der Waals surface area contributed by atoms with Crippen LogP contribution >= 0.6 is 0 Å². The third kappa shape index (κ3) is 7.39. The van der Waals surface area contributed by atoms with Gasteiger partial charge in [0.2, 0.25) is 5.28 Å². The van der Waals surface area contributed by atoms with E-state index in [4.69, 9.17) is 14.7 Å². The molecule has 9 heteroatoms. The Hall–Kier alpha value is -2.06. The Bertz CT molecular complexity index is 377. The minimum absolute atomic E-state index is 0.0259. The van der Waals surface area contributed by atoms with Crippen molar-refractivity contribution in [1.82, 2.24) is 5.01 Å². The molecule has 0 aliphatic rings. The van der Waals surface area contributed by atoms with Crippen LogP contribution in [0.2, 0.25) is 0 Å². The molecular weight excluding hydrogens is 270 g/mol. The molecule has 0 aliphatic heterocycles. The van der Waals surface area contributed by atoms with Crippen molar-refractivity contribution in [2.75, 3.05) is 13.6 Å². The van der Waals surface area contributed by atoms with Crippen LogP contribution in [0.3, 0.4) is 0 Å². The molecule has 0 heterocycles. The van der Waals surface area contributed by atoms with Gasteiger partial charge in [-0.2, -0.15) is 0 Å². The SMILES string of the molecule is CC(O/N=[N+](\[O-])N(C)CCC(=O)O)OC(=O)C(C)(C)C. The summed E-state index contributed by atoms with van der Waals surface area (Å²) in [5, 5.41) is 24.0. The highest BCUT2D eigenvalue weighted by Crippen LogP contribution is 2.16. The van der Waals surface area contributed by atoms with Gasteiger partial charge in [0, 0.05) is 6.92 Å². The molecule has 0 spiro atoms. The number of esters is 1. The molecular formula is C11H21N3O6. The minimum Gasteiger partial charge on any atom is -0.569 e. The number of carboxylic acid groups (broad SMARTS) is 1. The van der Waals surface area contributed by atoms with Crippen molar-refractivity contribution in [2.45, 2.75) is 40.4 Å². The number of aliphatic carboxylic acids is 1. The third-order valence-corrected chi connectivity index (χ3v) is 2.09. The fourth-order valence-corrected chi connectivity index (χ4v) is 0.861. The lowest BCUT2D eigenvalue weighted by molar-refractivity contribution is -0.707. The summed E-state index contributed by atoms with van der Waals surface area (Å²) in [6, 6.07) is 0. The molecule has 0 aromatic heterocycles. The number of carbonyl (C=O) groups is 2. The van der Waals surface area contributed by atoms with E-state index >= 15 is 0 Å². The second-order valence-corrected chi connectivity index (χ2v) is 5.19. The van der Waals surface area contributed by atoms with Gasteiger partial charge in [0.1, 0.15) is 0 Å². The number of carbonyl (C=O) groups excluding carboxylic acids is 1. The van der Waals surface area contributed by atoms with Crippen molar-refractivity contribution in [3.05, 3.63) is 5.21 Å². The van der Waals surface area contributed by atoms with Crippen molar-refractivity contribution in [1.29, 1.82) is 0 Å². The lowest BCUT2D eigenvalue weighted by Crippen LogP contribution is -2.30. The van der Waals surface area contributed by atoms with E-state index in [1.165, 1.54) is 14.0 Å². The van der Waals surface area contributed by atoms with E-state index in [2.05, 4.69) is 5.28 Å². The molecule has 0 aromatic rings. The fraction of sp³-hybridized carbons (Fsp3) is 0.818. The quantitative estimate of drug-likeness (QED) is 0.246. The first kappa shape index (κ1) is 17.9. The van der Waals surface area contributed by atoms with E-state index < -0.39 is 23.6 Å². The normalized spacial score (nSPS) is 13.6. The standard InChI is InChI=1S/C11H21N3O6/c1-8(19-10(17)11(2,3)4)20-12-14(18)13(5)7-6-9(15)16/h8H,6-7H2,1-5H3,(H,15,16)/b14-12-. The number of hydrogen-bond acceptors (Lipinski definition) is 6. The summed E-state index contributed by atoms with van der Waals surface area (Å²) in [5.74, 6) is -1.52. The van der Waals surface area contributed by atoms with Crippen LogP contribution in [0.15, 0.2) is 5.28 Å². The van der Waals surface area contributed by atoms with Crippen LogP contribution in [0.25, 0.3) is 0 Å². The van der Waals surface area contributed by atoms with Gasteiger partial charge in [-0.1, -0.05) is 0 Å². The van der Waals surface area contributed by atoms with E-state index in [1.54, 1.807) is 20.8 Å². The molecule has 0 fully saturated rings. The zero-order valence-electron chi connectivity index (χ0n) is 12.3. The smallest absolute Gasteiger partial charge is 0.314 e. The van der Waals surface area contributed by atoms with Crippen LogP contribution in [0.1, 0.15) is 34.1 Å². The van der Waals surface area contributed by atoms with Crippen molar-refractivity contribution < 1.29 is 29.2 Å². The second kappa shape index (κ2) is 7.51. The molecule has 0 saturated heterocycles. The maximum atomic E-state index is 11.5. The third-order valence-electron chi connectivity index (χ3n) is 2.09. The van der Waals surface area contributed by atoms with Crippen LogP contribution in [0.4, 0.5) is 0 Å². The van der Waals surface area contributed by atoms with E-state index in [0.29, 0.717) is 0 Å². The lowest BCUT2D eigenvalue weighted by Gasteiger charge is -2.19. The molecule has 0 aliphatic carbocycles. The van der Waals surface area contributed by atoms with Crippen LogP contribution in [0, 0.1) is 10.6 Å². The fourth-order valence-electron chi connectivity index (χ4n) is 0.861. The zero-order chi connectivity index (χ0) is 15.9. The molecule has 0 rings (SSSR count). The Kier molecular flexibility index (Phi) is 6.74. The number of rotatable bonds is 7. The van der Waals surface area contributed by atoms with E-state index in [9.17, 15) is 14.8 Å². The predicted molar refractivity (Wildman–Crippen MR) is 67.0 cm³/mol. The summed E-state index contributed by atoms with van der Waals surface area (Å²) in [6.07, 6.45) is -1.23. The number of nitrogens with zero attached hydrogens (tertiary/aromatic N) is 3. The maximum absolute atomic E-state index is 11.5. The Labute approximate surface area is 117 Å². The highest BCUT2D eigenvalue weighted by molar-refractivity contribution is 5.75. The lowest BCUT2D eigenvalue weighted by atomic mass is 9.97. The summed E-state index contributed by atoms with van der Waals surface area (Å²) >= 11 is 0. The van der Waals surface area contributed by atoms with Gasteiger partial charge in [0.15, 0.2) is 0 Å². The molecule has 20 heavy (non-hydrogen) atoms. The molecule has 1 atom stereocenters. The summed E-state index contributed by atoms with van der Waals surface area (Å²) < 4.78 is 4.91. The van der Waals surface area contributed by atoms with E-state index in [0.717, 1.165) is 5.01 Å². The molecule has 0 aromatic carbocycles. The Balaban J connectivity index is 4.26. The summed E-state index contributed by atoms with van der Waals surface area (Å²) in [4.78, 5) is 26.7. The Morgan fingerprint density at radius 1 is 1.45 bits per heavy atom. The largest absolute Gasteiger partial charge is 0.569 e. The number of carboxylic acids is 1. The van der Waals surface area contributed by atoms with Gasteiger partial charge in [-0.15, -0.1) is 5.01 Å².